The van der Waals surface area contributed by atoms with E-state index in [1.165, 1.54) is 12.8 Å². The molecule has 0 bridgehead atoms. The zero-order valence-corrected chi connectivity index (χ0v) is 9.15. The Hall–Kier alpha value is -0.260. The van der Waals surface area contributed by atoms with Gasteiger partial charge in [-0.05, 0) is 44.4 Å². The maximum atomic E-state index is 2.40. The van der Waals surface area contributed by atoms with Crippen LogP contribution < -0.4 is 0 Å². The van der Waals surface area contributed by atoms with Crippen molar-refractivity contribution in [1.82, 2.24) is 0 Å². The van der Waals surface area contributed by atoms with Crippen molar-refractivity contribution in [3.05, 3.63) is 11.1 Å². The molecule has 0 heterocycles. The Morgan fingerprint density at radius 3 is 2.08 bits per heavy atom. The number of hydrogen-bond acceptors (Lipinski definition) is 0. The smallest absolute Gasteiger partial charge is 0.0284 e. The lowest BCUT2D eigenvalue weighted by Crippen LogP contribution is -2.10. The zero-order valence-electron chi connectivity index (χ0n) is 9.15. The largest absolute Gasteiger partial charge is 0.0772 e. The minimum Gasteiger partial charge on any atom is -0.0772 e. The molecule has 0 aromatic heterocycles. The standard InChI is InChI=1S/C12H22/c1-8(2)11-6-10(5)12(7-11)9(3)4/h9-10,12H,6-7H2,1-5H3. The van der Waals surface area contributed by atoms with Crippen molar-refractivity contribution in [2.24, 2.45) is 17.8 Å². The molecular formula is C12H22. The van der Waals surface area contributed by atoms with Gasteiger partial charge in [0, 0.05) is 0 Å². The van der Waals surface area contributed by atoms with E-state index in [-0.39, 0.29) is 0 Å². The number of allylic oxidation sites excluding steroid dienone is 2. The minimum atomic E-state index is 0.858. The second-order valence-electron chi connectivity index (χ2n) is 4.90. The van der Waals surface area contributed by atoms with Crippen molar-refractivity contribution < 1.29 is 0 Å². The molecule has 1 saturated carbocycles. The van der Waals surface area contributed by atoms with Crippen LogP contribution in [0.15, 0.2) is 11.1 Å². The van der Waals surface area contributed by atoms with E-state index in [1.54, 1.807) is 11.1 Å². The summed E-state index contributed by atoms with van der Waals surface area (Å²) in [7, 11) is 0. The predicted molar refractivity (Wildman–Crippen MR) is 55.1 cm³/mol. The van der Waals surface area contributed by atoms with Crippen LogP contribution in [0.25, 0.3) is 0 Å². The summed E-state index contributed by atoms with van der Waals surface area (Å²) in [6.07, 6.45) is 2.71. The first kappa shape index (κ1) is 9.83. The molecule has 0 aromatic rings. The molecular weight excluding hydrogens is 144 g/mol. The highest BCUT2D eigenvalue weighted by molar-refractivity contribution is 5.16. The van der Waals surface area contributed by atoms with E-state index in [2.05, 4.69) is 34.6 Å². The fourth-order valence-corrected chi connectivity index (χ4v) is 2.41. The Kier molecular flexibility index (Phi) is 2.98. The van der Waals surface area contributed by atoms with Gasteiger partial charge in [0.05, 0.1) is 0 Å². The molecule has 0 aliphatic heterocycles. The highest BCUT2D eigenvalue weighted by Crippen LogP contribution is 2.41. The van der Waals surface area contributed by atoms with Crippen molar-refractivity contribution in [1.29, 1.82) is 0 Å². The fourth-order valence-electron chi connectivity index (χ4n) is 2.41. The van der Waals surface area contributed by atoms with Gasteiger partial charge in [-0.3, -0.25) is 0 Å². The molecule has 0 saturated heterocycles. The topological polar surface area (TPSA) is 0 Å². The van der Waals surface area contributed by atoms with Gasteiger partial charge in [0.2, 0.25) is 0 Å². The molecule has 2 atom stereocenters. The SMILES string of the molecule is CC(C)=C1CC(C)C(C(C)C)C1. The molecule has 1 aliphatic carbocycles. The van der Waals surface area contributed by atoms with Crippen molar-refractivity contribution in [3.63, 3.8) is 0 Å². The Balaban J connectivity index is 2.69. The molecule has 1 aliphatic rings. The fraction of sp³-hybridized carbons (Fsp3) is 0.833. The van der Waals surface area contributed by atoms with Gasteiger partial charge in [0.25, 0.3) is 0 Å². The second-order valence-corrected chi connectivity index (χ2v) is 4.90. The molecule has 0 heteroatoms. The lowest BCUT2D eigenvalue weighted by molar-refractivity contribution is 0.315. The lowest BCUT2D eigenvalue weighted by atomic mass is 9.87. The summed E-state index contributed by atoms with van der Waals surface area (Å²) in [5.41, 5.74) is 3.28. The highest BCUT2D eigenvalue weighted by Gasteiger charge is 2.29. The Morgan fingerprint density at radius 2 is 1.83 bits per heavy atom. The van der Waals surface area contributed by atoms with E-state index < -0.39 is 0 Å². The van der Waals surface area contributed by atoms with Gasteiger partial charge in [-0.2, -0.15) is 0 Å². The molecule has 12 heavy (non-hydrogen) atoms. The monoisotopic (exact) mass is 166 g/mol. The Labute approximate surface area is 77.1 Å². The van der Waals surface area contributed by atoms with Crippen molar-refractivity contribution in [2.45, 2.75) is 47.5 Å². The second kappa shape index (κ2) is 3.64. The maximum Gasteiger partial charge on any atom is -0.0284 e. The van der Waals surface area contributed by atoms with Crippen LogP contribution in [0.3, 0.4) is 0 Å². The van der Waals surface area contributed by atoms with Crippen LogP contribution in [-0.2, 0) is 0 Å². The molecule has 70 valence electrons. The molecule has 0 aromatic carbocycles. The number of hydrogen-bond donors (Lipinski definition) is 0. The maximum absolute atomic E-state index is 2.40. The summed E-state index contributed by atoms with van der Waals surface area (Å²) in [5.74, 6) is 2.71. The van der Waals surface area contributed by atoms with Crippen LogP contribution in [0.1, 0.15) is 47.5 Å². The average molecular weight is 166 g/mol. The lowest BCUT2D eigenvalue weighted by Gasteiger charge is -2.18. The van der Waals surface area contributed by atoms with Crippen molar-refractivity contribution in [2.75, 3.05) is 0 Å². The van der Waals surface area contributed by atoms with Gasteiger partial charge in [-0.15, -0.1) is 0 Å². The third-order valence-corrected chi connectivity index (χ3v) is 3.34. The van der Waals surface area contributed by atoms with Crippen LogP contribution in [-0.4, -0.2) is 0 Å². The van der Waals surface area contributed by atoms with Crippen LogP contribution in [0, 0.1) is 17.8 Å². The predicted octanol–water partition coefficient (Wildman–Crippen LogP) is 4.02. The summed E-state index contributed by atoms with van der Waals surface area (Å²) < 4.78 is 0. The first-order valence-electron chi connectivity index (χ1n) is 5.17. The minimum absolute atomic E-state index is 0.858. The molecule has 0 amide bonds. The molecule has 1 rings (SSSR count). The summed E-state index contributed by atoms with van der Waals surface area (Å²) in [6.45, 7) is 11.6. The van der Waals surface area contributed by atoms with Crippen molar-refractivity contribution in [3.8, 4) is 0 Å². The van der Waals surface area contributed by atoms with E-state index >= 15 is 0 Å². The molecule has 0 radical (unpaired) electrons. The molecule has 0 nitrogen and oxygen atoms in total. The highest BCUT2D eigenvalue weighted by atomic mass is 14.3. The van der Waals surface area contributed by atoms with Crippen LogP contribution in [0.5, 0.6) is 0 Å². The summed E-state index contributed by atoms with van der Waals surface area (Å²) in [4.78, 5) is 0. The Bertz CT molecular complexity index is 182. The molecule has 2 unspecified atom stereocenters. The van der Waals surface area contributed by atoms with Gasteiger partial charge in [0.1, 0.15) is 0 Å². The number of rotatable bonds is 1. The van der Waals surface area contributed by atoms with E-state index in [0.717, 1.165) is 17.8 Å². The quantitative estimate of drug-likeness (QED) is 0.516. The third-order valence-electron chi connectivity index (χ3n) is 3.34. The van der Waals surface area contributed by atoms with E-state index in [1.807, 2.05) is 0 Å². The van der Waals surface area contributed by atoms with Gasteiger partial charge < -0.3 is 0 Å². The molecule has 1 fully saturated rings. The average Bonchev–Trinajstić information content (AvgIpc) is 2.30. The molecule has 0 N–H and O–H groups in total. The Morgan fingerprint density at radius 1 is 1.25 bits per heavy atom. The van der Waals surface area contributed by atoms with Crippen LogP contribution in [0.2, 0.25) is 0 Å². The van der Waals surface area contributed by atoms with Crippen LogP contribution >= 0.6 is 0 Å². The normalized spacial score (nSPS) is 30.0. The van der Waals surface area contributed by atoms with E-state index in [9.17, 15) is 0 Å². The summed E-state index contributed by atoms with van der Waals surface area (Å²) >= 11 is 0. The van der Waals surface area contributed by atoms with Crippen molar-refractivity contribution >= 4 is 0 Å². The van der Waals surface area contributed by atoms with Gasteiger partial charge in [0.15, 0.2) is 0 Å². The first-order valence-corrected chi connectivity index (χ1v) is 5.17. The summed E-state index contributed by atoms with van der Waals surface area (Å²) in [5, 5.41) is 0. The summed E-state index contributed by atoms with van der Waals surface area (Å²) in [6, 6.07) is 0. The third kappa shape index (κ3) is 1.91. The van der Waals surface area contributed by atoms with Gasteiger partial charge >= 0.3 is 0 Å². The zero-order chi connectivity index (χ0) is 9.30. The van der Waals surface area contributed by atoms with E-state index in [4.69, 9.17) is 0 Å². The van der Waals surface area contributed by atoms with Crippen LogP contribution in [0.4, 0.5) is 0 Å². The van der Waals surface area contributed by atoms with Gasteiger partial charge in [-0.25, -0.2) is 0 Å². The van der Waals surface area contributed by atoms with E-state index in [0.29, 0.717) is 0 Å². The van der Waals surface area contributed by atoms with Gasteiger partial charge in [-0.1, -0.05) is 31.9 Å². The first-order chi connectivity index (χ1) is 5.52. The molecule has 0 spiro atoms.